The molecule has 23 heavy (non-hydrogen) atoms. The lowest BCUT2D eigenvalue weighted by Gasteiger charge is -2.08. The molecule has 0 aliphatic heterocycles. The van der Waals surface area contributed by atoms with Crippen molar-refractivity contribution in [3.8, 4) is 0 Å². The minimum atomic E-state index is 0.0191. The summed E-state index contributed by atoms with van der Waals surface area (Å²) in [5, 5.41) is 4.35. The molecule has 3 N–H and O–H groups in total. The van der Waals surface area contributed by atoms with E-state index in [0.717, 1.165) is 46.8 Å². The summed E-state index contributed by atoms with van der Waals surface area (Å²) >= 11 is 7.56. The van der Waals surface area contributed by atoms with Crippen molar-refractivity contribution in [1.82, 2.24) is 4.98 Å². The molecule has 3 rings (SSSR count). The van der Waals surface area contributed by atoms with Gasteiger partial charge in [0.25, 0.3) is 0 Å². The highest BCUT2D eigenvalue weighted by atomic mass is 35.5. The molecular formula is C17H20ClN3OS. The van der Waals surface area contributed by atoms with Crippen LogP contribution in [0.25, 0.3) is 0 Å². The fourth-order valence-electron chi connectivity index (χ4n) is 2.94. The lowest BCUT2D eigenvalue weighted by molar-refractivity contribution is -0.119. The van der Waals surface area contributed by atoms with Crippen molar-refractivity contribution in [2.24, 2.45) is 11.7 Å². The Balaban J connectivity index is 1.67. The lowest BCUT2D eigenvalue weighted by atomic mass is 10.1. The van der Waals surface area contributed by atoms with E-state index in [0.29, 0.717) is 5.13 Å². The number of amides is 1. The summed E-state index contributed by atoms with van der Waals surface area (Å²) in [6, 6.07) is 7.97. The van der Waals surface area contributed by atoms with Crippen LogP contribution in [0.1, 0.15) is 35.4 Å². The number of halogens is 1. The number of anilines is 1. The summed E-state index contributed by atoms with van der Waals surface area (Å²) in [6.07, 6.45) is 3.33. The van der Waals surface area contributed by atoms with Crippen LogP contribution in [0.5, 0.6) is 0 Å². The molecule has 2 aromatic rings. The van der Waals surface area contributed by atoms with Gasteiger partial charge in [-0.1, -0.05) is 23.7 Å². The molecule has 2 atom stereocenters. The van der Waals surface area contributed by atoms with E-state index >= 15 is 0 Å². The van der Waals surface area contributed by atoms with E-state index in [9.17, 15) is 4.79 Å². The second-order valence-corrected chi connectivity index (χ2v) is 7.61. The van der Waals surface area contributed by atoms with Gasteiger partial charge in [0.2, 0.25) is 5.91 Å². The number of nitrogens with two attached hydrogens (primary N) is 1. The van der Waals surface area contributed by atoms with Crippen LogP contribution in [0.4, 0.5) is 5.13 Å². The largest absolute Gasteiger partial charge is 0.328 e. The van der Waals surface area contributed by atoms with Crippen LogP contribution >= 0.6 is 22.9 Å². The van der Waals surface area contributed by atoms with Crippen LogP contribution in [0.15, 0.2) is 24.3 Å². The van der Waals surface area contributed by atoms with Crippen molar-refractivity contribution in [2.45, 2.75) is 38.6 Å². The molecule has 1 heterocycles. The first-order valence-electron chi connectivity index (χ1n) is 7.78. The zero-order valence-corrected chi connectivity index (χ0v) is 14.6. The van der Waals surface area contributed by atoms with E-state index in [1.807, 2.05) is 31.2 Å². The molecule has 1 aliphatic carbocycles. The molecule has 0 spiro atoms. The molecule has 1 aromatic carbocycles. The van der Waals surface area contributed by atoms with E-state index < -0.39 is 0 Å². The minimum Gasteiger partial charge on any atom is -0.328 e. The average molecular weight is 350 g/mol. The minimum absolute atomic E-state index is 0.0191. The second-order valence-electron chi connectivity index (χ2n) is 6.09. The number of hydrogen-bond acceptors (Lipinski definition) is 4. The Morgan fingerprint density at radius 2 is 2.30 bits per heavy atom. The number of nitrogens with zero attached hydrogens (tertiary/aromatic N) is 1. The Bertz CT molecular complexity index is 716. The van der Waals surface area contributed by atoms with E-state index in [2.05, 4.69) is 10.3 Å². The van der Waals surface area contributed by atoms with Crippen molar-refractivity contribution in [2.75, 3.05) is 5.32 Å². The number of aromatic nitrogens is 1. The average Bonchev–Trinajstić information content (AvgIpc) is 3.06. The van der Waals surface area contributed by atoms with Gasteiger partial charge in [-0.25, -0.2) is 4.98 Å². The van der Waals surface area contributed by atoms with Crippen LogP contribution in [-0.4, -0.2) is 16.9 Å². The summed E-state index contributed by atoms with van der Waals surface area (Å²) < 4.78 is 0. The molecule has 0 bridgehead atoms. The van der Waals surface area contributed by atoms with Crippen LogP contribution in [0.2, 0.25) is 5.02 Å². The highest BCUT2D eigenvalue weighted by molar-refractivity contribution is 7.15. The number of nitrogens with one attached hydrogen (secondary N) is 1. The quantitative estimate of drug-likeness (QED) is 0.883. The Labute approximate surface area is 145 Å². The molecule has 1 amide bonds. The topological polar surface area (TPSA) is 68.0 Å². The number of thiazole rings is 1. The zero-order valence-electron chi connectivity index (χ0n) is 13.0. The Kier molecular flexibility index (Phi) is 4.99. The van der Waals surface area contributed by atoms with E-state index in [1.165, 1.54) is 11.3 Å². The fourth-order valence-corrected chi connectivity index (χ4v) is 4.15. The maximum atomic E-state index is 12.3. The predicted octanol–water partition coefficient (Wildman–Crippen LogP) is 3.76. The molecule has 1 aliphatic rings. The maximum absolute atomic E-state index is 12.3. The SMILES string of the molecule is Cc1nc(NC(=O)C2CCC(N)C2)sc1Cc1cccc(Cl)c1. The normalized spacial score (nSPS) is 20.7. The number of rotatable bonds is 4. The molecule has 1 saturated carbocycles. The smallest absolute Gasteiger partial charge is 0.229 e. The first-order chi connectivity index (χ1) is 11.0. The molecule has 0 saturated heterocycles. The molecule has 6 heteroatoms. The van der Waals surface area contributed by atoms with Gasteiger partial charge in [0.1, 0.15) is 0 Å². The molecule has 1 aromatic heterocycles. The predicted molar refractivity (Wildman–Crippen MR) is 95.1 cm³/mol. The number of benzene rings is 1. The number of aryl methyl sites for hydroxylation is 1. The number of hydrogen-bond donors (Lipinski definition) is 2. The summed E-state index contributed by atoms with van der Waals surface area (Å²) in [6.45, 7) is 1.97. The first-order valence-corrected chi connectivity index (χ1v) is 8.98. The van der Waals surface area contributed by atoms with E-state index in [1.54, 1.807) is 0 Å². The van der Waals surface area contributed by atoms with Crippen molar-refractivity contribution in [3.05, 3.63) is 45.4 Å². The molecule has 122 valence electrons. The Hall–Kier alpha value is -1.43. The fraction of sp³-hybridized carbons (Fsp3) is 0.412. The summed E-state index contributed by atoms with van der Waals surface area (Å²) in [4.78, 5) is 17.9. The van der Waals surface area contributed by atoms with Gasteiger partial charge in [-0.15, -0.1) is 11.3 Å². The van der Waals surface area contributed by atoms with Crippen LogP contribution < -0.4 is 11.1 Å². The summed E-state index contributed by atoms with van der Waals surface area (Å²) in [5.41, 5.74) is 7.97. The monoisotopic (exact) mass is 349 g/mol. The number of carbonyl (C=O) groups is 1. The first kappa shape index (κ1) is 16.4. The van der Waals surface area contributed by atoms with Crippen molar-refractivity contribution in [3.63, 3.8) is 0 Å². The molecule has 2 unspecified atom stereocenters. The van der Waals surface area contributed by atoms with Gasteiger partial charge in [0.05, 0.1) is 5.69 Å². The van der Waals surface area contributed by atoms with Gasteiger partial charge in [-0.05, 0) is 43.9 Å². The van der Waals surface area contributed by atoms with Crippen molar-refractivity contribution in [1.29, 1.82) is 0 Å². The van der Waals surface area contributed by atoms with E-state index in [-0.39, 0.29) is 17.9 Å². The Morgan fingerprint density at radius 3 is 3.00 bits per heavy atom. The molecule has 1 fully saturated rings. The second kappa shape index (κ2) is 6.99. The van der Waals surface area contributed by atoms with Crippen molar-refractivity contribution < 1.29 is 4.79 Å². The van der Waals surface area contributed by atoms with Gasteiger partial charge in [0, 0.05) is 28.3 Å². The highest BCUT2D eigenvalue weighted by Gasteiger charge is 2.28. The lowest BCUT2D eigenvalue weighted by Crippen LogP contribution is -2.23. The van der Waals surface area contributed by atoms with Gasteiger partial charge in [-0.2, -0.15) is 0 Å². The van der Waals surface area contributed by atoms with Crippen LogP contribution in [0, 0.1) is 12.8 Å². The van der Waals surface area contributed by atoms with Crippen molar-refractivity contribution >= 4 is 34.0 Å². The third-order valence-electron chi connectivity index (χ3n) is 4.22. The molecule has 0 radical (unpaired) electrons. The van der Waals surface area contributed by atoms with Gasteiger partial charge < -0.3 is 11.1 Å². The third kappa shape index (κ3) is 4.10. The van der Waals surface area contributed by atoms with Gasteiger partial charge >= 0.3 is 0 Å². The summed E-state index contributed by atoms with van der Waals surface area (Å²) in [7, 11) is 0. The molecule has 4 nitrogen and oxygen atoms in total. The maximum Gasteiger partial charge on any atom is 0.229 e. The van der Waals surface area contributed by atoms with Crippen LogP contribution in [0.3, 0.4) is 0 Å². The summed E-state index contributed by atoms with van der Waals surface area (Å²) in [5.74, 6) is 0.0617. The number of carbonyl (C=O) groups excluding carboxylic acids is 1. The van der Waals surface area contributed by atoms with E-state index in [4.69, 9.17) is 17.3 Å². The Morgan fingerprint density at radius 1 is 1.48 bits per heavy atom. The van der Waals surface area contributed by atoms with Crippen LogP contribution in [-0.2, 0) is 11.2 Å². The molecular weight excluding hydrogens is 330 g/mol. The highest BCUT2D eigenvalue weighted by Crippen LogP contribution is 2.29. The standard InChI is InChI=1S/C17H20ClN3OS/c1-10-15(8-11-3-2-4-13(18)7-11)23-17(20-10)21-16(22)12-5-6-14(19)9-12/h2-4,7,12,14H,5-6,8-9,19H2,1H3,(H,20,21,22). The van der Waals surface area contributed by atoms with Gasteiger partial charge in [-0.3, -0.25) is 4.79 Å². The van der Waals surface area contributed by atoms with Gasteiger partial charge in [0.15, 0.2) is 5.13 Å². The third-order valence-corrected chi connectivity index (χ3v) is 5.53. The zero-order chi connectivity index (χ0) is 16.4.